The number of carbonyl (C=O) groups excluding carboxylic acids is 1. The van der Waals surface area contributed by atoms with Gasteiger partial charge in [0, 0.05) is 32.1 Å². The van der Waals surface area contributed by atoms with E-state index in [0.717, 1.165) is 18.7 Å². The number of aryl methyl sites for hydroxylation is 1. The van der Waals surface area contributed by atoms with Crippen LogP contribution < -0.4 is 5.32 Å². The summed E-state index contributed by atoms with van der Waals surface area (Å²) in [5.41, 5.74) is 0.534. The minimum atomic E-state index is -0.147. The molecule has 7 nitrogen and oxygen atoms in total. The molecule has 1 fully saturated rings. The summed E-state index contributed by atoms with van der Waals surface area (Å²) in [6, 6.07) is 1.68. The fraction of sp³-hybridized carbons (Fsp3) is 0.500. The van der Waals surface area contributed by atoms with E-state index in [2.05, 4.69) is 20.6 Å². The van der Waals surface area contributed by atoms with Crippen LogP contribution in [-0.2, 0) is 13.5 Å². The van der Waals surface area contributed by atoms with Gasteiger partial charge < -0.3 is 9.84 Å². The number of nitrogens with one attached hydrogen (secondary N) is 1. The molecule has 0 bridgehead atoms. The SMILES string of the molecule is Cn1nccc1C(=O)NCCc1noc(C2CC2)n1. The number of aromatic nitrogens is 4. The Morgan fingerprint density at radius 1 is 1.58 bits per heavy atom. The van der Waals surface area contributed by atoms with Crippen LogP contribution >= 0.6 is 0 Å². The molecule has 0 radical (unpaired) electrons. The second-order valence-corrected chi connectivity index (χ2v) is 4.67. The van der Waals surface area contributed by atoms with E-state index in [1.165, 1.54) is 4.68 Å². The fourth-order valence-electron chi connectivity index (χ4n) is 1.84. The van der Waals surface area contributed by atoms with Crippen LogP contribution in [0.2, 0.25) is 0 Å². The lowest BCUT2D eigenvalue weighted by atomic mass is 10.3. The maximum absolute atomic E-state index is 11.8. The van der Waals surface area contributed by atoms with Crippen LogP contribution in [0.15, 0.2) is 16.8 Å². The molecule has 1 aliphatic carbocycles. The summed E-state index contributed by atoms with van der Waals surface area (Å²) in [6.07, 6.45) is 4.44. The van der Waals surface area contributed by atoms with Crippen LogP contribution in [0.1, 0.15) is 41.0 Å². The van der Waals surface area contributed by atoms with E-state index in [1.54, 1.807) is 19.3 Å². The number of carbonyl (C=O) groups is 1. The summed E-state index contributed by atoms with van der Waals surface area (Å²) in [4.78, 5) is 16.1. The van der Waals surface area contributed by atoms with E-state index in [9.17, 15) is 4.79 Å². The van der Waals surface area contributed by atoms with Gasteiger partial charge >= 0.3 is 0 Å². The van der Waals surface area contributed by atoms with Gasteiger partial charge in [-0.1, -0.05) is 5.16 Å². The molecule has 2 aromatic rings. The number of amides is 1. The van der Waals surface area contributed by atoms with Crippen LogP contribution in [0.4, 0.5) is 0 Å². The minimum absolute atomic E-state index is 0.147. The van der Waals surface area contributed by atoms with Crippen molar-refractivity contribution in [2.45, 2.75) is 25.2 Å². The Morgan fingerprint density at radius 2 is 2.42 bits per heavy atom. The summed E-state index contributed by atoms with van der Waals surface area (Å²) in [5.74, 6) is 1.69. The fourth-order valence-corrected chi connectivity index (χ4v) is 1.84. The van der Waals surface area contributed by atoms with Gasteiger partial charge in [-0.05, 0) is 18.9 Å². The highest BCUT2D eigenvalue weighted by molar-refractivity contribution is 5.92. The van der Waals surface area contributed by atoms with Crippen LogP contribution in [0, 0.1) is 0 Å². The number of rotatable bonds is 5. The average Bonchev–Trinajstić information content (AvgIpc) is 2.99. The smallest absolute Gasteiger partial charge is 0.269 e. The minimum Gasteiger partial charge on any atom is -0.350 e. The molecule has 2 aromatic heterocycles. The molecular formula is C12H15N5O2. The van der Waals surface area contributed by atoms with Crippen molar-refractivity contribution in [2.75, 3.05) is 6.54 Å². The topological polar surface area (TPSA) is 85.8 Å². The monoisotopic (exact) mass is 261 g/mol. The maximum Gasteiger partial charge on any atom is 0.269 e. The van der Waals surface area contributed by atoms with Crippen LogP contribution in [0.3, 0.4) is 0 Å². The van der Waals surface area contributed by atoms with Crippen molar-refractivity contribution in [3.05, 3.63) is 29.7 Å². The van der Waals surface area contributed by atoms with Crippen molar-refractivity contribution in [2.24, 2.45) is 7.05 Å². The molecule has 1 amide bonds. The first-order chi connectivity index (χ1) is 9.24. The van der Waals surface area contributed by atoms with Gasteiger partial charge in [-0.25, -0.2) is 0 Å². The van der Waals surface area contributed by atoms with Gasteiger partial charge in [0.2, 0.25) is 5.89 Å². The summed E-state index contributed by atoms with van der Waals surface area (Å²) in [6.45, 7) is 0.480. The normalized spacial score (nSPS) is 14.6. The van der Waals surface area contributed by atoms with Gasteiger partial charge in [-0.2, -0.15) is 10.1 Å². The molecule has 2 heterocycles. The van der Waals surface area contributed by atoms with E-state index in [1.807, 2.05) is 0 Å². The third-order valence-corrected chi connectivity index (χ3v) is 3.10. The Bertz CT molecular complexity index is 584. The van der Waals surface area contributed by atoms with Crippen LogP contribution in [-0.4, -0.2) is 32.4 Å². The van der Waals surface area contributed by atoms with E-state index < -0.39 is 0 Å². The maximum atomic E-state index is 11.8. The lowest BCUT2D eigenvalue weighted by Gasteiger charge is -2.03. The molecule has 0 aliphatic heterocycles. The summed E-state index contributed by atoms with van der Waals surface area (Å²) in [7, 11) is 1.73. The average molecular weight is 261 g/mol. The molecular weight excluding hydrogens is 246 g/mol. The Balaban J connectivity index is 1.49. The molecule has 100 valence electrons. The standard InChI is InChI=1S/C12H15N5O2/c1-17-9(4-7-14-17)11(18)13-6-5-10-15-12(19-16-10)8-2-3-8/h4,7-8H,2-3,5-6H2,1H3,(H,13,18). The quantitative estimate of drug-likeness (QED) is 0.854. The van der Waals surface area contributed by atoms with Gasteiger partial charge in [0.15, 0.2) is 5.82 Å². The van der Waals surface area contributed by atoms with E-state index in [-0.39, 0.29) is 5.91 Å². The second-order valence-electron chi connectivity index (χ2n) is 4.67. The van der Waals surface area contributed by atoms with Crippen molar-refractivity contribution >= 4 is 5.91 Å². The third kappa shape index (κ3) is 2.64. The zero-order valence-electron chi connectivity index (χ0n) is 10.7. The number of hydrogen-bond acceptors (Lipinski definition) is 5. The molecule has 0 spiro atoms. The highest BCUT2D eigenvalue weighted by Gasteiger charge is 2.29. The molecule has 0 atom stereocenters. The Kier molecular flexibility index (Phi) is 3.02. The van der Waals surface area contributed by atoms with Gasteiger partial charge in [-0.3, -0.25) is 9.48 Å². The van der Waals surface area contributed by atoms with Crippen molar-refractivity contribution in [1.29, 1.82) is 0 Å². The zero-order chi connectivity index (χ0) is 13.2. The van der Waals surface area contributed by atoms with E-state index in [4.69, 9.17) is 4.52 Å². The highest BCUT2D eigenvalue weighted by atomic mass is 16.5. The summed E-state index contributed by atoms with van der Waals surface area (Å²) < 4.78 is 6.69. The molecule has 1 aliphatic rings. The molecule has 0 aromatic carbocycles. The van der Waals surface area contributed by atoms with Crippen molar-refractivity contribution in [3.8, 4) is 0 Å². The largest absolute Gasteiger partial charge is 0.350 e. The van der Waals surface area contributed by atoms with Crippen molar-refractivity contribution < 1.29 is 9.32 Å². The van der Waals surface area contributed by atoms with Crippen molar-refractivity contribution in [3.63, 3.8) is 0 Å². The highest BCUT2D eigenvalue weighted by Crippen LogP contribution is 2.38. The molecule has 3 rings (SSSR count). The first-order valence-electron chi connectivity index (χ1n) is 6.32. The lowest BCUT2D eigenvalue weighted by Crippen LogP contribution is -2.27. The third-order valence-electron chi connectivity index (χ3n) is 3.10. The Morgan fingerprint density at radius 3 is 3.11 bits per heavy atom. The predicted molar refractivity (Wildman–Crippen MR) is 65.5 cm³/mol. The molecule has 7 heteroatoms. The Hall–Kier alpha value is -2.18. The first-order valence-corrected chi connectivity index (χ1v) is 6.32. The second kappa shape index (κ2) is 4.83. The van der Waals surface area contributed by atoms with Gasteiger partial charge in [-0.15, -0.1) is 0 Å². The van der Waals surface area contributed by atoms with Gasteiger partial charge in [0.05, 0.1) is 0 Å². The summed E-state index contributed by atoms with van der Waals surface area (Å²) in [5, 5.41) is 10.7. The molecule has 1 N–H and O–H groups in total. The van der Waals surface area contributed by atoms with Crippen molar-refractivity contribution in [1.82, 2.24) is 25.2 Å². The molecule has 1 saturated carbocycles. The van der Waals surface area contributed by atoms with Gasteiger partial charge in [0.25, 0.3) is 5.91 Å². The van der Waals surface area contributed by atoms with E-state index in [0.29, 0.717) is 30.4 Å². The van der Waals surface area contributed by atoms with E-state index >= 15 is 0 Å². The number of hydrogen-bond donors (Lipinski definition) is 1. The van der Waals surface area contributed by atoms with Crippen LogP contribution in [0.5, 0.6) is 0 Å². The molecule has 19 heavy (non-hydrogen) atoms. The predicted octanol–water partition coefficient (Wildman–Crippen LogP) is 0.653. The molecule has 0 unspecified atom stereocenters. The zero-order valence-corrected chi connectivity index (χ0v) is 10.7. The first kappa shape index (κ1) is 11.9. The Labute approximate surface area is 110 Å². The number of nitrogens with zero attached hydrogens (tertiary/aromatic N) is 4. The lowest BCUT2D eigenvalue weighted by molar-refractivity contribution is 0.0944. The van der Waals surface area contributed by atoms with Crippen LogP contribution in [0.25, 0.3) is 0 Å². The molecule has 0 saturated heterocycles. The van der Waals surface area contributed by atoms with Gasteiger partial charge in [0.1, 0.15) is 5.69 Å². The summed E-state index contributed by atoms with van der Waals surface area (Å²) >= 11 is 0.